The molecule has 1 N–H and O–H groups in total. The minimum Gasteiger partial charge on any atom is -0.490 e. The van der Waals surface area contributed by atoms with Gasteiger partial charge in [-0.15, -0.1) is 0 Å². The smallest absolute Gasteiger partial charge is 0.340 e. The number of carbonyl (C=O) groups excluding carboxylic acids is 2. The van der Waals surface area contributed by atoms with E-state index < -0.39 is 63.0 Å². The average molecular weight is 585 g/mol. The van der Waals surface area contributed by atoms with Gasteiger partial charge in [0.2, 0.25) is 11.8 Å². The van der Waals surface area contributed by atoms with E-state index in [1.165, 1.54) is 25.2 Å². The van der Waals surface area contributed by atoms with Gasteiger partial charge in [-0.3, -0.25) is 14.2 Å². The molecule has 1 aromatic rings. The quantitative estimate of drug-likeness (QED) is 0.370. The highest BCUT2D eigenvalue weighted by Crippen LogP contribution is 2.47. The Morgan fingerprint density at radius 3 is 2.46 bits per heavy atom. The van der Waals surface area contributed by atoms with Crippen LogP contribution in [0, 0.1) is 0 Å². The van der Waals surface area contributed by atoms with Crippen LogP contribution in [-0.2, 0) is 23.2 Å². The first-order valence-corrected chi connectivity index (χ1v) is 13.3. The maximum Gasteiger partial charge on any atom is 0.340 e. The van der Waals surface area contributed by atoms with Crippen molar-refractivity contribution in [3.05, 3.63) is 28.2 Å². The molecule has 0 aliphatic carbocycles. The van der Waals surface area contributed by atoms with Crippen molar-refractivity contribution in [1.82, 2.24) is 9.80 Å². The predicted octanol–water partition coefficient (Wildman–Crippen LogP) is 3.49. The van der Waals surface area contributed by atoms with Crippen LogP contribution in [0.15, 0.2) is 22.7 Å². The molecular formula is C21H28BrF2N2O8P. The summed E-state index contributed by atoms with van der Waals surface area (Å²) in [5, 5.41) is 9.32. The number of ether oxygens (including phenoxy) is 1. The van der Waals surface area contributed by atoms with Gasteiger partial charge < -0.3 is 28.7 Å². The van der Waals surface area contributed by atoms with Crippen LogP contribution in [0.2, 0.25) is 0 Å². The number of rotatable bonds is 12. The van der Waals surface area contributed by atoms with E-state index in [-0.39, 0.29) is 31.1 Å². The Labute approximate surface area is 210 Å². The second-order valence-electron chi connectivity index (χ2n) is 7.85. The topological polar surface area (TPSA) is 123 Å². The first-order valence-electron chi connectivity index (χ1n) is 10.8. The number of halogens is 3. The zero-order chi connectivity index (χ0) is 26.4. The summed E-state index contributed by atoms with van der Waals surface area (Å²) < 4.78 is 57.2. The summed E-state index contributed by atoms with van der Waals surface area (Å²) in [4.78, 5) is 38.6. The van der Waals surface area contributed by atoms with Crippen LogP contribution in [0.4, 0.5) is 8.78 Å². The SMILES string of the molecule is CCOP(=O)(CC(=O)N(C)CC(=O)N1CC(F)(F)C[C@H]1COc1cc(Br)ccc1C(=O)O)OCC. The van der Waals surface area contributed by atoms with Crippen LogP contribution in [0.3, 0.4) is 0 Å². The van der Waals surface area contributed by atoms with Gasteiger partial charge in [0.05, 0.1) is 32.3 Å². The highest BCUT2D eigenvalue weighted by atomic mass is 79.9. The van der Waals surface area contributed by atoms with E-state index in [0.717, 1.165) is 9.80 Å². The lowest BCUT2D eigenvalue weighted by atomic mass is 10.2. The molecule has 2 rings (SSSR count). The maximum absolute atomic E-state index is 14.2. The molecule has 1 aromatic carbocycles. The van der Waals surface area contributed by atoms with Crippen LogP contribution >= 0.6 is 23.5 Å². The van der Waals surface area contributed by atoms with Gasteiger partial charge in [0, 0.05) is 17.9 Å². The number of benzene rings is 1. The van der Waals surface area contributed by atoms with Gasteiger partial charge in [-0.25, -0.2) is 13.6 Å². The Kier molecular flexibility index (Phi) is 10.2. The lowest BCUT2D eigenvalue weighted by Gasteiger charge is -2.27. The summed E-state index contributed by atoms with van der Waals surface area (Å²) in [6.45, 7) is 1.50. The fourth-order valence-electron chi connectivity index (χ4n) is 3.51. The molecule has 0 radical (unpaired) electrons. The number of carboxylic acids is 1. The molecule has 0 saturated carbocycles. The summed E-state index contributed by atoms with van der Waals surface area (Å²) in [6.07, 6.45) is -1.28. The van der Waals surface area contributed by atoms with Gasteiger partial charge in [-0.1, -0.05) is 15.9 Å². The Bertz CT molecular complexity index is 986. The van der Waals surface area contributed by atoms with E-state index in [2.05, 4.69) is 15.9 Å². The number of aromatic carboxylic acids is 1. The first kappa shape index (κ1) is 29.2. The molecule has 1 aliphatic heterocycles. The zero-order valence-corrected chi connectivity index (χ0v) is 22.0. The van der Waals surface area contributed by atoms with Gasteiger partial charge in [-0.2, -0.15) is 0 Å². The fraction of sp³-hybridized carbons (Fsp3) is 0.571. The number of carbonyl (C=O) groups is 3. The molecule has 1 heterocycles. The van der Waals surface area contributed by atoms with Crippen molar-refractivity contribution < 1.29 is 46.6 Å². The molecule has 196 valence electrons. The van der Waals surface area contributed by atoms with Crippen molar-refractivity contribution >= 4 is 41.3 Å². The van der Waals surface area contributed by atoms with Gasteiger partial charge in [0.1, 0.15) is 24.1 Å². The standard InChI is InChI=1S/C21H28BrF2N2O8P/c1-4-33-35(31,34-5-2)12-19(28)25(3)10-18(27)26-13-21(23,24)9-15(26)11-32-17-8-14(22)6-7-16(17)20(29)30/h6-8,15H,4-5,9-13H2,1-3H3,(H,29,30)/t15-/m0/s1. The van der Waals surface area contributed by atoms with Gasteiger partial charge in [-0.05, 0) is 32.0 Å². The van der Waals surface area contributed by atoms with Crippen LogP contribution < -0.4 is 4.74 Å². The number of likely N-dealkylation sites (N-methyl/N-ethyl adjacent to an activating group) is 1. The zero-order valence-electron chi connectivity index (χ0n) is 19.5. The molecule has 10 nitrogen and oxygen atoms in total. The van der Waals surface area contributed by atoms with E-state index >= 15 is 0 Å². The molecule has 0 spiro atoms. The lowest BCUT2D eigenvalue weighted by molar-refractivity contribution is -0.140. The third-order valence-corrected chi connectivity index (χ3v) is 7.54. The van der Waals surface area contributed by atoms with E-state index in [1.807, 2.05) is 0 Å². The van der Waals surface area contributed by atoms with Crippen molar-refractivity contribution in [3.63, 3.8) is 0 Å². The predicted molar refractivity (Wildman–Crippen MR) is 125 cm³/mol. The maximum atomic E-state index is 14.2. The summed E-state index contributed by atoms with van der Waals surface area (Å²) in [5.74, 6) is -5.94. The third kappa shape index (κ3) is 8.23. The van der Waals surface area contributed by atoms with E-state index in [0.29, 0.717) is 4.47 Å². The minimum absolute atomic E-state index is 0.0376. The number of alkyl halides is 2. The van der Waals surface area contributed by atoms with Crippen LogP contribution in [0.5, 0.6) is 5.75 Å². The van der Waals surface area contributed by atoms with Gasteiger partial charge >= 0.3 is 13.6 Å². The number of hydrogen-bond acceptors (Lipinski definition) is 7. The fourth-order valence-corrected chi connectivity index (χ4v) is 5.46. The molecule has 0 unspecified atom stereocenters. The van der Waals surface area contributed by atoms with Gasteiger partial charge in [0.25, 0.3) is 5.92 Å². The molecular weight excluding hydrogens is 557 g/mol. The molecule has 1 fully saturated rings. The summed E-state index contributed by atoms with van der Waals surface area (Å²) in [5.41, 5.74) is -0.158. The van der Waals surface area contributed by atoms with Gasteiger partial charge in [0.15, 0.2) is 0 Å². The number of amides is 2. The van der Waals surface area contributed by atoms with E-state index in [9.17, 15) is 32.8 Å². The number of nitrogens with zero attached hydrogens (tertiary/aromatic N) is 2. The van der Waals surface area contributed by atoms with Crippen molar-refractivity contribution in [2.45, 2.75) is 32.2 Å². The molecule has 35 heavy (non-hydrogen) atoms. The molecule has 1 saturated heterocycles. The van der Waals surface area contributed by atoms with Crippen molar-refractivity contribution in [2.24, 2.45) is 0 Å². The Morgan fingerprint density at radius 2 is 1.89 bits per heavy atom. The van der Waals surface area contributed by atoms with Crippen molar-refractivity contribution in [2.75, 3.05) is 46.1 Å². The summed E-state index contributed by atoms with van der Waals surface area (Å²) >= 11 is 3.20. The summed E-state index contributed by atoms with van der Waals surface area (Å²) in [6, 6.07) is 3.14. The Hall–Kier alpha value is -2.08. The van der Waals surface area contributed by atoms with Crippen molar-refractivity contribution in [1.29, 1.82) is 0 Å². The Morgan fingerprint density at radius 1 is 1.26 bits per heavy atom. The van der Waals surface area contributed by atoms with E-state index in [4.69, 9.17) is 13.8 Å². The molecule has 0 aromatic heterocycles. The van der Waals surface area contributed by atoms with Crippen molar-refractivity contribution in [3.8, 4) is 5.75 Å². The molecule has 0 bridgehead atoms. The monoisotopic (exact) mass is 584 g/mol. The number of hydrogen-bond donors (Lipinski definition) is 1. The normalized spacial score (nSPS) is 17.3. The Balaban J connectivity index is 2.08. The largest absolute Gasteiger partial charge is 0.490 e. The highest BCUT2D eigenvalue weighted by molar-refractivity contribution is 9.10. The molecule has 2 amide bonds. The second kappa shape index (κ2) is 12.2. The highest BCUT2D eigenvalue weighted by Gasteiger charge is 2.47. The van der Waals surface area contributed by atoms with E-state index in [1.54, 1.807) is 13.8 Å². The van der Waals surface area contributed by atoms with Crippen LogP contribution in [0.25, 0.3) is 0 Å². The second-order valence-corrected chi connectivity index (χ2v) is 10.8. The third-order valence-electron chi connectivity index (χ3n) is 5.08. The molecule has 1 aliphatic rings. The molecule has 14 heteroatoms. The first-order chi connectivity index (χ1) is 16.3. The molecule has 1 atom stereocenters. The summed E-state index contributed by atoms with van der Waals surface area (Å²) in [7, 11) is -2.42. The van der Waals surface area contributed by atoms with Crippen LogP contribution in [0.1, 0.15) is 30.6 Å². The number of likely N-dealkylation sites (tertiary alicyclic amines) is 1. The number of carboxylic acid groups (broad SMARTS) is 1. The minimum atomic E-state index is -3.70. The van der Waals surface area contributed by atoms with Crippen LogP contribution in [-0.4, -0.2) is 90.8 Å². The lowest BCUT2D eigenvalue weighted by Crippen LogP contribution is -2.46. The average Bonchev–Trinajstić information content (AvgIpc) is 3.06.